The second kappa shape index (κ2) is 9.70. The molecule has 3 aromatic rings. The molecule has 0 spiro atoms. The molecule has 3 unspecified atom stereocenters. The molecule has 196 valence electrons. The van der Waals surface area contributed by atoms with Crippen LogP contribution in [0, 0.1) is 23.5 Å². The third-order valence-corrected chi connectivity index (χ3v) is 11.0. The highest BCUT2D eigenvalue weighted by Crippen LogP contribution is 2.56. The van der Waals surface area contributed by atoms with Crippen LogP contribution in [-0.4, -0.2) is 40.4 Å². The van der Waals surface area contributed by atoms with Gasteiger partial charge in [0, 0.05) is 28.9 Å². The normalized spacial score (nSPS) is 26.1. The molecule has 1 amide bonds. The van der Waals surface area contributed by atoms with E-state index < -0.39 is 56.2 Å². The summed E-state index contributed by atoms with van der Waals surface area (Å²) in [6.45, 7) is 0. The Balaban J connectivity index is 1.39. The fourth-order valence-corrected chi connectivity index (χ4v) is 8.73. The molecule has 3 N–H and O–H groups in total. The summed E-state index contributed by atoms with van der Waals surface area (Å²) in [6, 6.07) is 6.68. The molecule has 2 aliphatic rings. The summed E-state index contributed by atoms with van der Waals surface area (Å²) in [6.07, 6.45) is 1.72. The number of hydrogen-bond donors (Lipinski definition) is 3. The Morgan fingerprint density at radius 3 is 2.46 bits per heavy atom. The molecule has 37 heavy (non-hydrogen) atoms. The summed E-state index contributed by atoms with van der Waals surface area (Å²) in [5.41, 5.74) is -1.49. The molecule has 0 saturated heterocycles. The molecule has 2 bridgehead atoms. The van der Waals surface area contributed by atoms with Gasteiger partial charge in [-0.25, -0.2) is 22.2 Å². The smallest absolute Gasteiger partial charge is 0.255 e. The molecule has 12 heteroatoms. The monoisotopic (exact) mass is 568 g/mol. The van der Waals surface area contributed by atoms with Crippen molar-refractivity contribution < 1.29 is 32.2 Å². The number of fused-ring (bicyclic) bond motifs is 2. The van der Waals surface area contributed by atoms with E-state index in [0.29, 0.717) is 17.8 Å². The maximum absolute atomic E-state index is 13.7. The Kier molecular flexibility index (Phi) is 6.86. The molecule has 2 aromatic carbocycles. The minimum atomic E-state index is -4.02. The molecule has 0 aliphatic heterocycles. The summed E-state index contributed by atoms with van der Waals surface area (Å²) in [5.74, 6) is -3.83. The van der Waals surface area contributed by atoms with Crippen LogP contribution in [0.2, 0.25) is 5.02 Å². The minimum Gasteiger partial charge on any atom is -0.386 e. The highest BCUT2D eigenvalue weighted by atomic mass is 35.5. The third kappa shape index (κ3) is 4.57. The van der Waals surface area contributed by atoms with Crippen LogP contribution in [0.5, 0.6) is 0 Å². The van der Waals surface area contributed by atoms with Crippen molar-refractivity contribution in [2.45, 2.75) is 47.5 Å². The molecular formula is C25H23ClF2N2O5S2. The number of sulfone groups is 1. The first kappa shape index (κ1) is 26.2. The second-order valence-electron chi connectivity index (χ2n) is 9.50. The SMILES string of the molecule is O=C(Nc1ccc(F)c(F)c1)c1ccc(Cl)c(S(=O)(=O)[C@H]2CC3CCC(C2)[C@]3(O)C(O)c2nccs2)c1. The van der Waals surface area contributed by atoms with Crippen molar-refractivity contribution >= 4 is 44.4 Å². The van der Waals surface area contributed by atoms with Crippen molar-refractivity contribution in [2.24, 2.45) is 11.8 Å². The minimum absolute atomic E-state index is 0.00480. The molecule has 2 fully saturated rings. The number of carbonyl (C=O) groups excluding carboxylic acids is 1. The van der Waals surface area contributed by atoms with E-state index in [1.165, 1.54) is 35.6 Å². The van der Waals surface area contributed by atoms with Crippen molar-refractivity contribution in [2.75, 3.05) is 5.32 Å². The fourth-order valence-electron chi connectivity index (χ4n) is 5.63. The van der Waals surface area contributed by atoms with Gasteiger partial charge in [0.05, 0.1) is 15.2 Å². The topological polar surface area (TPSA) is 117 Å². The average Bonchev–Trinajstić information content (AvgIpc) is 3.43. The van der Waals surface area contributed by atoms with E-state index in [2.05, 4.69) is 10.3 Å². The number of rotatable bonds is 6. The standard InChI is InChI=1S/C25H23ClF2N2O5S2/c26-18-5-1-13(23(32)30-16-4-6-19(27)20(28)12-16)9-21(18)37(34,35)17-10-14-2-3-15(11-17)25(14,33)22(31)24-29-7-8-36-24/h1,4-9,12,14-15,17,22,31,33H,2-3,10-11H2,(H,30,32)/t14?,15?,17-,22?,25-. The van der Waals surface area contributed by atoms with Gasteiger partial charge in [0.2, 0.25) is 0 Å². The Hall–Kier alpha value is -2.44. The van der Waals surface area contributed by atoms with Gasteiger partial charge in [0.1, 0.15) is 16.7 Å². The van der Waals surface area contributed by atoms with Crippen LogP contribution in [-0.2, 0) is 9.84 Å². The van der Waals surface area contributed by atoms with Gasteiger partial charge in [-0.15, -0.1) is 11.3 Å². The number of thiazole rings is 1. The number of aliphatic hydroxyl groups excluding tert-OH is 1. The molecule has 1 heterocycles. The zero-order valence-electron chi connectivity index (χ0n) is 19.3. The van der Waals surface area contributed by atoms with Gasteiger partial charge in [-0.2, -0.15) is 0 Å². The van der Waals surface area contributed by atoms with Gasteiger partial charge in [0.15, 0.2) is 21.5 Å². The molecule has 7 nitrogen and oxygen atoms in total. The zero-order valence-corrected chi connectivity index (χ0v) is 21.7. The van der Waals surface area contributed by atoms with Crippen LogP contribution < -0.4 is 5.32 Å². The van der Waals surface area contributed by atoms with Crippen molar-refractivity contribution in [1.82, 2.24) is 4.98 Å². The predicted molar refractivity (Wildman–Crippen MR) is 134 cm³/mol. The summed E-state index contributed by atoms with van der Waals surface area (Å²) in [5, 5.41) is 26.0. The molecule has 1 aromatic heterocycles. The van der Waals surface area contributed by atoms with Gasteiger partial charge >= 0.3 is 0 Å². The predicted octanol–water partition coefficient (Wildman–Crippen LogP) is 4.75. The van der Waals surface area contributed by atoms with Crippen LogP contribution in [0.4, 0.5) is 14.5 Å². The van der Waals surface area contributed by atoms with E-state index in [1.54, 1.807) is 11.6 Å². The number of nitrogens with zero attached hydrogens (tertiary/aromatic N) is 1. The number of aromatic nitrogens is 1. The van der Waals surface area contributed by atoms with Gasteiger partial charge in [-0.1, -0.05) is 11.6 Å². The lowest BCUT2D eigenvalue weighted by atomic mass is 9.71. The van der Waals surface area contributed by atoms with Crippen LogP contribution in [0.15, 0.2) is 52.9 Å². The van der Waals surface area contributed by atoms with E-state index in [0.717, 1.165) is 12.1 Å². The summed E-state index contributed by atoms with van der Waals surface area (Å²) in [7, 11) is -4.02. The van der Waals surface area contributed by atoms with Crippen LogP contribution in [0.3, 0.4) is 0 Å². The zero-order chi connectivity index (χ0) is 26.5. The Morgan fingerprint density at radius 2 is 1.84 bits per heavy atom. The van der Waals surface area contributed by atoms with Crippen LogP contribution in [0.1, 0.15) is 47.2 Å². The molecular weight excluding hydrogens is 546 g/mol. The van der Waals surface area contributed by atoms with E-state index in [4.69, 9.17) is 11.6 Å². The van der Waals surface area contributed by atoms with Gasteiger partial charge in [-0.05, 0) is 67.9 Å². The van der Waals surface area contributed by atoms with Crippen molar-refractivity contribution in [1.29, 1.82) is 0 Å². The first-order valence-corrected chi connectivity index (χ1v) is 14.4. The van der Waals surface area contributed by atoms with E-state index in [1.807, 2.05) is 0 Å². The third-order valence-electron chi connectivity index (χ3n) is 7.51. The maximum atomic E-state index is 13.7. The largest absolute Gasteiger partial charge is 0.386 e. The number of nitrogens with one attached hydrogen (secondary N) is 1. The second-order valence-corrected chi connectivity index (χ2v) is 13.0. The van der Waals surface area contributed by atoms with Gasteiger partial charge in [0.25, 0.3) is 5.91 Å². The number of hydrogen-bond acceptors (Lipinski definition) is 7. The van der Waals surface area contributed by atoms with E-state index in [-0.39, 0.29) is 34.0 Å². The lowest BCUT2D eigenvalue weighted by molar-refractivity contribution is -0.144. The molecule has 2 saturated carbocycles. The Morgan fingerprint density at radius 1 is 1.14 bits per heavy atom. The molecule has 0 radical (unpaired) electrons. The first-order chi connectivity index (χ1) is 17.5. The number of amides is 1. The highest BCUT2D eigenvalue weighted by molar-refractivity contribution is 7.92. The number of benzene rings is 2. The summed E-state index contributed by atoms with van der Waals surface area (Å²) >= 11 is 7.50. The first-order valence-electron chi connectivity index (χ1n) is 11.6. The lowest BCUT2D eigenvalue weighted by Crippen LogP contribution is -2.52. The average molecular weight is 569 g/mol. The fraction of sp³-hybridized carbons (Fsp3) is 0.360. The molecule has 2 aliphatic carbocycles. The Bertz CT molecular complexity index is 1440. The molecule has 5 rings (SSSR count). The van der Waals surface area contributed by atoms with E-state index in [9.17, 15) is 32.2 Å². The van der Waals surface area contributed by atoms with Crippen LogP contribution in [0.25, 0.3) is 0 Å². The van der Waals surface area contributed by atoms with Gasteiger partial charge < -0.3 is 15.5 Å². The number of carbonyl (C=O) groups is 1. The van der Waals surface area contributed by atoms with Crippen LogP contribution >= 0.6 is 22.9 Å². The quantitative estimate of drug-likeness (QED) is 0.395. The highest BCUT2D eigenvalue weighted by Gasteiger charge is 2.59. The number of anilines is 1. The number of halogens is 3. The lowest BCUT2D eigenvalue weighted by Gasteiger charge is -2.44. The van der Waals surface area contributed by atoms with Gasteiger partial charge in [-0.3, -0.25) is 4.79 Å². The van der Waals surface area contributed by atoms with Crippen molar-refractivity contribution in [3.8, 4) is 0 Å². The summed E-state index contributed by atoms with van der Waals surface area (Å²) in [4.78, 5) is 16.6. The van der Waals surface area contributed by atoms with Crippen molar-refractivity contribution in [3.63, 3.8) is 0 Å². The number of aliphatic hydroxyl groups is 2. The van der Waals surface area contributed by atoms with Crippen molar-refractivity contribution in [3.05, 3.63) is 75.2 Å². The maximum Gasteiger partial charge on any atom is 0.255 e. The Labute approximate surface area is 221 Å². The molecule has 3 atom stereocenters. The van der Waals surface area contributed by atoms with E-state index >= 15 is 0 Å². The summed E-state index contributed by atoms with van der Waals surface area (Å²) < 4.78 is 54.1.